The predicted octanol–water partition coefficient (Wildman–Crippen LogP) is 6.49. The first kappa shape index (κ1) is 22.3. The third-order valence-electron chi connectivity index (χ3n) is 5.22. The van der Waals surface area contributed by atoms with Crippen molar-refractivity contribution in [3.63, 3.8) is 0 Å². The molecule has 0 saturated heterocycles. The van der Waals surface area contributed by atoms with E-state index < -0.39 is 0 Å². The molecule has 0 bridgehead atoms. The van der Waals surface area contributed by atoms with E-state index in [-0.39, 0.29) is 0 Å². The normalized spacial score (nSPS) is 10.5. The van der Waals surface area contributed by atoms with Gasteiger partial charge in [-0.25, -0.2) is 0 Å². The first-order chi connectivity index (χ1) is 16.2. The fourth-order valence-electron chi connectivity index (χ4n) is 3.38. The minimum atomic E-state index is 0.422. The zero-order chi connectivity index (χ0) is 22.9. The molecule has 0 spiro atoms. The molecule has 0 heterocycles. The first-order valence-electron chi connectivity index (χ1n) is 11.0. The van der Waals surface area contributed by atoms with Crippen molar-refractivity contribution < 1.29 is 14.2 Å². The molecule has 168 valence electrons. The molecule has 0 unspecified atom stereocenters. The van der Waals surface area contributed by atoms with Gasteiger partial charge in [-0.3, -0.25) is 0 Å². The Morgan fingerprint density at radius 3 is 1.24 bits per heavy atom. The summed E-state index contributed by atoms with van der Waals surface area (Å²) >= 11 is 0. The lowest BCUT2D eigenvalue weighted by Crippen LogP contribution is -2.11. The zero-order valence-electron chi connectivity index (χ0n) is 19.1. The van der Waals surface area contributed by atoms with Crippen LogP contribution in [-0.4, -0.2) is 14.1 Å². The lowest BCUT2D eigenvalue weighted by atomic mass is 10.2. The Balaban J connectivity index is 1.65. The number of ether oxygens (including phenoxy) is 3. The van der Waals surface area contributed by atoms with Gasteiger partial charge >= 0.3 is 0 Å². The van der Waals surface area contributed by atoms with E-state index in [1.807, 2.05) is 122 Å². The number of anilines is 1. The Bertz CT molecular complexity index is 1060. The molecule has 0 aromatic heterocycles. The number of hydrogen-bond acceptors (Lipinski definition) is 4. The van der Waals surface area contributed by atoms with Crippen LogP contribution in [0.5, 0.6) is 17.2 Å². The van der Waals surface area contributed by atoms with Crippen molar-refractivity contribution in [2.75, 3.05) is 19.0 Å². The molecule has 0 fully saturated rings. The van der Waals surface area contributed by atoms with E-state index in [0.717, 1.165) is 22.4 Å². The molecule has 0 radical (unpaired) electrons. The molecule has 4 nitrogen and oxygen atoms in total. The molecule has 0 aliphatic rings. The quantitative estimate of drug-likeness (QED) is 0.283. The number of rotatable bonds is 10. The summed E-state index contributed by atoms with van der Waals surface area (Å²) in [5, 5.41) is 0. The maximum atomic E-state index is 6.30. The molecule has 0 amide bonds. The van der Waals surface area contributed by atoms with E-state index in [2.05, 4.69) is 0 Å². The summed E-state index contributed by atoms with van der Waals surface area (Å²) in [5.41, 5.74) is 4.24. The predicted molar refractivity (Wildman–Crippen MR) is 133 cm³/mol. The third-order valence-corrected chi connectivity index (χ3v) is 5.22. The zero-order valence-corrected chi connectivity index (χ0v) is 19.1. The van der Waals surface area contributed by atoms with Crippen LogP contribution in [0.1, 0.15) is 16.7 Å². The summed E-state index contributed by atoms with van der Waals surface area (Å²) in [6.07, 6.45) is 0. The Morgan fingerprint density at radius 2 is 0.879 bits per heavy atom. The van der Waals surface area contributed by atoms with Gasteiger partial charge in [0.1, 0.15) is 19.8 Å². The van der Waals surface area contributed by atoms with Gasteiger partial charge in [0.05, 0.1) is 0 Å². The molecule has 4 rings (SSSR count). The average Bonchev–Trinajstić information content (AvgIpc) is 2.87. The molecule has 4 aromatic rings. The van der Waals surface area contributed by atoms with Crippen molar-refractivity contribution in [1.82, 2.24) is 0 Å². The lowest BCUT2D eigenvalue weighted by Gasteiger charge is -2.21. The van der Waals surface area contributed by atoms with Crippen LogP contribution in [0.3, 0.4) is 0 Å². The minimum Gasteiger partial charge on any atom is -0.485 e. The highest BCUT2D eigenvalue weighted by molar-refractivity contribution is 5.63. The van der Waals surface area contributed by atoms with E-state index in [9.17, 15) is 0 Å². The van der Waals surface area contributed by atoms with Crippen molar-refractivity contribution in [2.24, 2.45) is 0 Å². The SMILES string of the molecule is CN(C)c1cc(OCc2ccccc2)c(OCc2ccccc2)c(OCc2ccccc2)c1. The fraction of sp³-hybridized carbons (Fsp3) is 0.172. The second-order valence-corrected chi connectivity index (χ2v) is 7.99. The highest BCUT2D eigenvalue weighted by Gasteiger charge is 2.17. The van der Waals surface area contributed by atoms with Gasteiger partial charge in [0.2, 0.25) is 5.75 Å². The van der Waals surface area contributed by atoms with E-state index in [4.69, 9.17) is 14.2 Å². The summed E-state index contributed by atoms with van der Waals surface area (Å²) in [5.74, 6) is 1.92. The molecule has 33 heavy (non-hydrogen) atoms. The second-order valence-electron chi connectivity index (χ2n) is 7.99. The van der Waals surface area contributed by atoms with E-state index in [0.29, 0.717) is 37.1 Å². The smallest absolute Gasteiger partial charge is 0.204 e. The molecule has 4 aromatic carbocycles. The van der Waals surface area contributed by atoms with Gasteiger partial charge in [-0.2, -0.15) is 0 Å². The van der Waals surface area contributed by atoms with Crippen molar-refractivity contribution in [1.29, 1.82) is 0 Å². The standard InChI is InChI=1S/C29H29NO3/c1-30(2)26-18-27(31-20-23-12-6-3-7-13-23)29(33-22-25-16-10-5-11-17-25)28(19-26)32-21-24-14-8-4-9-15-24/h3-19H,20-22H2,1-2H3. The average molecular weight is 440 g/mol. The van der Waals surface area contributed by atoms with E-state index >= 15 is 0 Å². The maximum Gasteiger partial charge on any atom is 0.204 e. The largest absolute Gasteiger partial charge is 0.485 e. The summed E-state index contributed by atoms with van der Waals surface area (Å²) < 4.78 is 18.8. The molecule has 0 aliphatic heterocycles. The van der Waals surface area contributed by atoms with Crippen LogP contribution in [-0.2, 0) is 19.8 Å². The van der Waals surface area contributed by atoms with Gasteiger partial charge in [-0.05, 0) is 16.7 Å². The van der Waals surface area contributed by atoms with Crippen LogP contribution in [0.25, 0.3) is 0 Å². The van der Waals surface area contributed by atoms with Crippen molar-refractivity contribution in [3.8, 4) is 17.2 Å². The third kappa shape index (κ3) is 6.30. The molecule has 0 saturated carbocycles. The lowest BCUT2D eigenvalue weighted by molar-refractivity contribution is 0.230. The number of benzene rings is 4. The topological polar surface area (TPSA) is 30.9 Å². The van der Waals surface area contributed by atoms with Crippen LogP contribution in [0.4, 0.5) is 5.69 Å². The Morgan fingerprint density at radius 1 is 0.515 bits per heavy atom. The van der Waals surface area contributed by atoms with Gasteiger partial charge in [0.15, 0.2) is 11.5 Å². The molecule has 0 aliphatic carbocycles. The van der Waals surface area contributed by atoms with Crippen LogP contribution < -0.4 is 19.1 Å². The van der Waals surface area contributed by atoms with Crippen molar-refractivity contribution in [3.05, 3.63) is 120 Å². The summed E-state index contributed by atoms with van der Waals surface area (Å²) in [6, 6.07) is 34.3. The molecule has 0 N–H and O–H groups in total. The van der Waals surface area contributed by atoms with E-state index in [1.165, 1.54) is 0 Å². The molecular formula is C29H29NO3. The monoisotopic (exact) mass is 439 g/mol. The number of nitrogens with zero attached hydrogens (tertiary/aromatic N) is 1. The van der Waals surface area contributed by atoms with Crippen LogP contribution >= 0.6 is 0 Å². The number of hydrogen-bond donors (Lipinski definition) is 0. The Kier molecular flexibility index (Phi) is 7.49. The molecule has 0 atom stereocenters. The molecular weight excluding hydrogens is 410 g/mol. The first-order valence-corrected chi connectivity index (χ1v) is 11.0. The van der Waals surface area contributed by atoms with Crippen molar-refractivity contribution in [2.45, 2.75) is 19.8 Å². The van der Waals surface area contributed by atoms with Crippen LogP contribution in [0.2, 0.25) is 0 Å². The van der Waals surface area contributed by atoms with Gasteiger partial charge in [-0.15, -0.1) is 0 Å². The van der Waals surface area contributed by atoms with Crippen molar-refractivity contribution >= 4 is 5.69 Å². The van der Waals surface area contributed by atoms with Gasteiger partial charge < -0.3 is 19.1 Å². The molecule has 4 heteroatoms. The summed E-state index contributed by atoms with van der Waals surface area (Å²) in [6.45, 7) is 1.31. The second kappa shape index (κ2) is 11.1. The highest BCUT2D eigenvalue weighted by Crippen LogP contribution is 2.42. The fourth-order valence-corrected chi connectivity index (χ4v) is 3.38. The highest BCUT2D eigenvalue weighted by atomic mass is 16.5. The summed E-state index contributed by atoms with van der Waals surface area (Å²) in [4.78, 5) is 2.03. The van der Waals surface area contributed by atoms with E-state index in [1.54, 1.807) is 0 Å². The van der Waals surface area contributed by atoms with Crippen LogP contribution in [0, 0.1) is 0 Å². The van der Waals surface area contributed by atoms with Gasteiger partial charge in [-0.1, -0.05) is 91.0 Å². The minimum absolute atomic E-state index is 0.422. The van der Waals surface area contributed by atoms with Crippen LogP contribution in [0.15, 0.2) is 103 Å². The Labute approximate surface area is 196 Å². The van der Waals surface area contributed by atoms with Gasteiger partial charge in [0.25, 0.3) is 0 Å². The van der Waals surface area contributed by atoms with Gasteiger partial charge in [0, 0.05) is 31.9 Å². The summed E-state index contributed by atoms with van der Waals surface area (Å²) in [7, 11) is 4.00. The maximum absolute atomic E-state index is 6.30. The Hall–Kier alpha value is -3.92.